The summed E-state index contributed by atoms with van der Waals surface area (Å²) < 4.78 is 10.5. The number of nitrogens with zero attached hydrogens (tertiary/aromatic N) is 1. The number of hydrogen-bond acceptors (Lipinski definition) is 4. The topological polar surface area (TPSA) is 67.9 Å². The lowest BCUT2D eigenvalue weighted by Crippen LogP contribution is -2.38. The molecule has 2 aromatic rings. The summed E-state index contributed by atoms with van der Waals surface area (Å²) in [5.74, 6) is 1.02. The first-order valence-electron chi connectivity index (χ1n) is 8.61. The van der Waals surface area contributed by atoms with Gasteiger partial charge in [-0.25, -0.2) is 0 Å². The fraction of sp³-hybridized carbons (Fsp3) is 0.300. The van der Waals surface area contributed by atoms with Gasteiger partial charge in [0.2, 0.25) is 12.7 Å². The van der Waals surface area contributed by atoms with Crippen molar-refractivity contribution in [2.75, 3.05) is 26.4 Å². The Morgan fingerprint density at radius 2 is 1.81 bits per heavy atom. The fourth-order valence-corrected chi connectivity index (χ4v) is 2.78. The smallest absolute Gasteiger partial charge is 0.251 e. The molecule has 0 unspecified atom stereocenters. The van der Waals surface area contributed by atoms with Gasteiger partial charge in [0, 0.05) is 32.1 Å². The van der Waals surface area contributed by atoms with Gasteiger partial charge in [0.15, 0.2) is 11.5 Å². The third kappa shape index (κ3) is 4.53. The monoisotopic (exact) mass is 354 g/mol. The molecule has 0 saturated carbocycles. The Labute approximate surface area is 152 Å². The van der Waals surface area contributed by atoms with Gasteiger partial charge < -0.3 is 19.7 Å². The zero-order chi connectivity index (χ0) is 18.4. The molecule has 1 heterocycles. The van der Waals surface area contributed by atoms with Crippen LogP contribution in [-0.4, -0.2) is 43.1 Å². The highest BCUT2D eigenvalue weighted by Crippen LogP contribution is 2.32. The van der Waals surface area contributed by atoms with Crippen LogP contribution in [0.25, 0.3) is 0 Å². The quantitative estimate of drug-likeness (QED) is 0.828. The van der Waals surface area contributed by atoms with E-state index in [0.717, 1.165) is 6.42 Å². The van der Waals surface area contributed by atoms with Gasteiger partial charge in [0.25, 0.3) is 5.91 Å². The van der Waals surface area contributed by atoms with Crippen molar-refractivity contribution in [3.63, 3.8) is 0 Å². The molecule has 26 heavy (non-hydrogen) atoms. The minimum absolute atomic E-state index is 0.00161. The summed E-state index contributed by atoms with van der Waals surface area (Å²) in [5, 5.41) is 2.84. The minimum Gasteiger partial charge on any atom is -0.454 e. The van der Waals surface area contributed by atoms with E-state index in [4.69, 9.17) is 9.47 Å². The van der Waals surface area contributed by atoms with Crippen LogP contribution in [0.1, 0.15) is 22.8 Å². The number of carbonyl (C=O) groups excluding carboxylic acids is 2. The van der Waals surface area contributed by atoms with Crippen LogP contribution in [0.3, 0.4) is 0 Å². The SMILES string of the molecule is CC(=O)N(CCNC(=O)c1ccc2c(c1)OCO2)CCc1ccccc1. The summed E-state index contributed by atoms with van der Waals surface area (Å²) in [4.78, 5) is 25.8. The maximum Gasteiger partial charge on any atom is 0.251 e. The van der Waals surface area contributed by atoms with E-state index in [1.54, 1.807) is 30.0 Å². The Kier molecular flexibility index (Phi) is 5.73. The second-order valence-electron chi connectivity index (χ2n) is 6.07. The molecule has 1 aliphatic rings. The molecule has 0 radical (unpaired) electrons. The van der Waals surface area contributed by atoms with E-state index >= 15 is 0 Å². The molecule has 2 amide bonds. The summed E-state index contributed by atoms with van der Waals surface area (Å²) in [6.07, 6.45) is 0.788. The van der Waals surface area contributed by atoms with Crippen molar-refractivity contribution in [3.05, 3.63) is 59.7 Å². The van der Waals surface area contributed by atoms with Crippen LogP contribution >= 0.6 is 0 Å². The zero-order valence-corrected chi connectivity index (χ0v) is 14.7. The summed E-state index contributed by atoms with van der Waals surface area (Å²) in [6.45, 7) is 3.21. The number of carbonyl (C=O) groups is 2. The molecule has 6 nitrogen and oxygen atoms in total. The second-order valence-corrected chi connectivity index (χ2v) is 6.07. The largest absolute Gasteiger partial charge is 0.454 e. The number of rotatable bonds is 7. The van der Waals surface area contributed by atoms with Crippen LogP contribution in [0.15, 0.2) is 48.5 Å². The van der Waals surface area contributed by atoms with Crippen molar-refractivity contribution < 1.29 is 19.1 Å². The van der Waals surface area contributed by atoms with E-state index in [1.165, 1.54) is 5.56 Å². The lowest BCUT2D eigenvalue weighted by atomic mass is 10.1. The summed E-state index contributed by atoms with van der Waals surface area (Å²) in [7, 11) is 0. The zero-order valence-electron chi connectivity index (χ0n) is 14.7. The second kappa shape index (κ2) is 8.38. The molecule has 6 heteroatoms. The van der Waals surface area contributed by atoms with Crippen molar-refractivity contribution in [3.8, 4) is 11.5 Å². The molecule has 2 aromatic carbocycles. The van der Waals surface area contributed by atoms with E-state index in [2.05, 4.69) is 5.32 Å². The van der Waals surface area contributed by atoms with Gasteiger partial charge in [0.05, 0.1) is 0 Å². The molecule has 3 rings (SSSR count). The van der Waals surface area contributed by atoms with E-state index in [9.17, 15) is 9.59 Å². The van der Waals surface area contributed by atoms with Crippen LogP contribution < -0.4 is 14.8 Å². The van der Waals surface area contributed by atoms with Gasteiger partial charge in [-0.05, 0) is 30.2 Å². The maximum absolute atomic E-state index is 12.3. The molecular weight excluding hydrogens is 332 g/mol. The van der Waals surface area contributed by atoms with Gasteiger partial charge in [-0.3, -0.25) is 9.59 Å². The molecule has 0 saturated heterocycles. The number of fused-ring (bicyclic) bond motifs is 1. The summed E-state index contributed by atoms with van der Waals surface area (Å²) in [5.41, 5.74) is 1.69. The standard InChI is InChI=1S/C20H22N2O4/c1-15(23)22(11-9-16-5-3-2-4-6-16)12-10-21-20(24)17-7-8-18-19(13-17)26-14-25-18/h2-8,13H,9-12,14H2,1H3,(H,21,24). The Morgan fingerprint density at radius 3 is 2.58 bits per heavy atom. The minimum atomic E-state index is -0.199. The van der Waals surface area contributed by atoms with Crippen LogP contribution in [0.2, 0.25) is 0 Å². The fourth-order valence-electron chi connectivity index (χ4n) is 2.78. The number of nitrogens with one attached hydrogen (secondary N) is 1. The molecule has 0 spiro atoms. The highest BCUT2D eigenvalue weighted by Gasteiger charge is 2.16. The average Bonchev–Trinajstić information content (AvgIpc) is 3.12. The Bertz CT molecular complexity index is 777. The van der Waals surface area contributed by atoms with E-state index in [-0.39, 0.29) is 18.6 Å². The molecular formula is C20H22N2O4. The first-order chi connectivity index (χ1) is 12.6. The molecule has 0 bridgehead atoms. The van der Waals surface area contributed by atoms with Crippen molar-refractivity contribution in [1.29, 1.82) is 0 Å². The maximum atomic E-state index is 12.3. The van der Waals surface area contributed by atoms with Crippen molar-refractivity contribution in [2.45, 2.75) is 13.3 Å². The number of amides is 2. The van der Waals surface area contributed by atoms with Crippen LogP contribution in [-0.2, 0) is 11.2 Å². The van der Waals surface area contributed by atoms with E-state index in [1.807, 2.05) is 30.3 Å². The lowest BCUT2D eigenvalue weighted by Gasteiger charge is -2.21. The highest BCUT2D eigenvalue weighted by molar-refractivity contribution is 5.94. The first-order valence-corrected chi connectivity index (χ1v) is 8.61. The first kappa shape index (κ1) is 17.8. The molecule has 136 valence electrons. The summed E-state index contributed by atoms with van der Waals surface area (Å²) >= 11 is 0. The molecule has 1 N–H and O–H groups in total. The molecule has 0 fully saturated rings. The number of ether oxygens (including phenoxy) is 2. The normalized spacial score (nSPS) is 11.9. The van der Waals surface area contributed by atoms with Gasteiger partial charge in [-0.15, -0.1) is 0 Å². The Hall–Kier alpha value is -3.02. The van der Waals surface area contributed by atoms with Crippen molar-refractivity contribution in [1.82, 2.24) is 10.2 Å². The lowest BCUT2D eigenvalue weighted by molar-refractivity contribution is -0.128. The van der Waals surface area contributed by atoms with Gasteiger partial charge in [-0.2, -0.15) is 0 Å². The van der Waals surface area contributed by atoms with Gasteiger partial charge >= 0.3 is 0 Å². The van der Waals surface area contributed by atoms with Gasteiger partial charge in [-0.1, -0.05) is 30.3 Å². The molecule has 0 aliphatic carbocycles. The van der Waals surface area contributed by atoms with Crippen molar-refractivity contribution >= 4 is 11.8 Å². The van der Waals surface area contributed by atoms with Gasteiger partial charge in [0.1, 0.15) is 0 Å². The Morgan fingerprint density at radius 1 is 1.04 bits per heavy atom. The third-order valence-corrected chi connectivity index (χ3v) is 4.26. The van der Waals surface area contributed by atoms with Crippen LogP contribution in [0, 0.1) is 0 Å². The predicted octanol–water partition coefficient (Wildman–Crippen LogP) is 2.24. The molecule has 1 aliphatic heterocycles. The number of benzene rings is 2. The summed E-state index contributed by atoms with van der Waals surface area (Å²) in [6, 6.07) is 15.1. The molecule has 0 aromatic heterocycles. The number of hydrogen-bond donors (Lipinski definition) is 1. The van der Waals surface area contributed by atoms with Crippen LogP contribution in [0.4, 0.5) is 0 Å². The Balaban J connectivity index is 1.48. The van der Waals surface area contributed by atoms with Crippen molar-refractivity contribution in [2.24, 2.45) is 0 Å². The average molecular weight is 354 g/mol. The van der Waals surface area contributed by atoms with E-state index in [0.29, 0.717) is 36.7 Å². The highest BCUT2D eigenvalue weighted by atomic mass is 16.7. The third-order valence-electron chi connectivity index (χ3n) is 4.26. The van der Waals surface area contributed by atoms with E-state index < -0.39 is 0 Å². The van der Waals surface area contributed by atoms with Crippen LogP contribution in [0.5, 0.6) is 11.5 Å². The molecule has 0 atom stereocenters. The predicted molar refractivity (Wildman–Crippen MR) is 97.3 cm³/mol.